The highest BCUT2D eigenvalue weighted by atomic mass is 79.9. The number of aromatic hydroxyl groups is 3. The largest absolute Gasteiger partial charge is 0.507 e. The summed E-state index contributed by atoms with van der Waals surface area (Å²) in [4.78, 5) is 46.2. The summed E-state index contributed by atoms with van der Waals surface area (Å²) in [6.07, 6.45) is 6.93. The van der Waals surface area contributed by atoms with Gasteiger partial charge < -0.3 is 54.6 Å². The van der Waals surface area contributed by atoms with Crippen molar-refractivity contribution in [2.45, 2.75) is 110 Å². The van der Waals surface area contributed by atoms with Crippen molar-refractivity contribution >= 4 is 72.2 Å². The zero-order valence-corrected chi connectivity index (χ0v) is 39.1. The van der Waals surface area contributed by atoms with Gasteiger partial charge in [0.2, 0.25) is 0 Å². The van der Waals surface area contributed by atoms with E-state index < -0.39 is 88.8 Å². The number of aliphatic hydroxyl groups excluding tert-OH is 2. The van der Waals surface area contributed by atoms with Crippen LogP contribution in [0.15, 0.2) is 41.3 Å². The molecule has 0 aliphatic carbocycles. The second-order valence-electron chi connectivity index (χ2n) is 15.9. The predicted molar refractivity (Wildman–Crippen MR) is 238 cm³/mol. The SMILES string of the molecule is COC1/C=C/OC2(C)Oc3c(C)c(O)c4c(O)c(c(/C=N\OCCCCC(Br)CBr)c(O)c4c3C2=O)NC(=O)/C(C)=C/C=C/C(C)C(O)C(C)C(O)C(C)C(OC(C)=O)C1C. The number of halogens is 2. The van der Waals surface area contributed by atoms with Gasteiger partial charge in [-0.25, -0.2) is 0 Å². The molecular weight excluding hydrogens is 924 g/mol. The monoisotopic (exact) mass is 980 g/mol. The summed E-state index contributed by atoms with van der Waals surface area (Å²) in [5.74, 6) is -8.64. The van der Waals surface area contributed by atoms with E-state index >= 15 is 0 Å². The molecule has 2 aromatic carbocycles. The third-order valence-corrected chi connectivity index (χ3v) is 13.9. The highest BCUT2D eigenvalue weighted by Crippen LogP contribution is 2.55. The lowest BCUT2D eigenvalue weighted by atomic mass is 9.78. The van der Waals surface area contributed by atoms with E-state index in [1.54, 1.807) is 39.8 Å². The predicted octanol–water partition coefficient (Wildman–Crippen LogP) is 7.43. The lowest BCUT2D eigenvalue weighted by molar-refractivity contribution is -0.160. The number of ketones is 1. The molecule has 6 N–H and O–H groups in total. The van der Waals surface area contributed by atoms with E-state index in [-0.39, 0.29) is 51.1 Å². The molecule has 0 aromatic heterocycles. The average molecular weight is 983 g/mol. The van der Waals surface area contributed by atoms with Crippen LogP contribution in [0.25, 0.3) is 10.8 Å². The first-order valence-corrected chi connectivity index (χ1v) is 22.2. The molecule has 3 aliphatic rings. The van der Waals surface area contributed by atoms with Gasteiger partial charge in [0.25, 0.3) is 11.7 Å². The van der Waals surface area contributed by atoms with Crippen LogP contribution in [0.1, 0.15) is 89.2 Å². The lowest BCUT2D eigenvalue weighted by Gasteiger charge is -2.38. The van der Waals surface area contributed by atoms with Gasteiger partial charge in [0, 0.05) is 71.3 Å². The Hall–Kier alpha value is -4.16. The highest BCUT2D eigenvalue weighted by Gasteiger charge is 2.50. The van der Waals surface area contributed by atoms with Crippen molar-refractivity contribution in [1.29, 1.82) is 0 Å². The van der Waals surface area contributed by atoms with Crippen LogP contribution < -0.4 is 10.1 Å². The number of oxime groups is 1. The van der Waals surface area contributed by atoms with Crippen molar-refractivity contribution in [3.8, 4) is 23.0 Å². The molecule has 0 radical (unpaired) electrons. The van der Waals surface area contributed by atoms with E-state index in [1.807, 2.05) is 0 Å². The Morgan fingerprint density at radius 1 is 1.00 bits per heavy atom. The molecule has 17 heteroatoms. The fraction of sp³-hybridized carbons (Fsp3) is 0.545. The minimum absolute atomic E-state index is 0.0342. The number of carbonyl (C=O) groups excluding carboxylic acids is 3. The molecule has 5 bridgehead atoms. The first-order valence-electron chi connectivity index (χ1n) is 20.1. The summed E-state index contributed by atoms with van der Waals surface area (Å²) in [6, 6.07) is 0. The van der Waals surface area contributed by atoms with Crippen molar-refractivity contribution in [2.75, 3.05) is 24.4 Å². The fourth-order valence-electron chi connectivity index (χ4n) is 7.62. The molecule has 1 amide bonds. The number of carbonyl (C=O) groups is 3. The fourth-order valence-corrected chi connectivity index (χ4v) is 8.27. The molecule has 0 saturated carbocycles. The van der Waals surface area contributed by atoms with Crippen LogP contribution in [0.3, 0.4) is 0 Å². The molecule has 3 aliphatic heterocycles. The third kappa shape index (κ3) is 10.9. The van der Waals surface area contributed by atoms with E-state index in [9.17, 15) is 39.9 Å². The maximum absolute atomic E-state index is 14.4. The van der Waals surface area contributed by atoms with Crippen molar-refractivity contribution in [1.82, 2.24) is 0 Å². The number of rotatable bonds is 10. The number of amides is 1. The van der Waals surface area contributed by atoms with Crippen molar-refractivity contribution in [2.24, 2.45) is 28.8 Å². The van der Waals surface area contributed by atoms with Gasteiger partial charge in [-0.1, -0.05) is 82.9 Å². The third-order valence-electron chi connectivity index (χ3n) is 11.5. The van der Waals surface area contributed by atoms with Gasteiger partial charge in [-0.05, 0) is 39.2 Å². The molecule has 15 nitrogen and oxygen atoms in total. The minimum atomic E-state index is -2.06. The van der Waals surface area contributed by atoms with Crippen molar-refractivity contribution in [3.05, 3.63) is 52.8 Å². The number of aliphatic hydroxyl groups is 2. The number of methoxy groups -OCH3 is 1. The number of hydrogen-bond donors (Lipinski definition) is 6. The van der Waals surface area contributed by atoms with Gasteiger partial charge >= 0.3 is 11.8 Å². The lowest BCUT2D eigenvalue weighted by Crippen LogP contribution is -2.46. The summed E-state index contributed by atoms with van der Waals surface area (Å²) in [5.41, 5.74) is -0.600. The summed E-state index contributed by atoms with van der Waals surface area (Å²) in [7, 11) is 1.43. The highest BCUT2D eigenvalue weighted by molar-refractivity contribution is 9.12. The van der Waals surface area contributed by atoms with Crippen molar-refractivity contribution < 1.29 is 63.7 Å². The molecule has 5 rings (SSSR count). The van der Waals surface area contributed by atoms with Gasteiger partial charge in [0.05, 0.1) is 53.0 Å². The number of esters is 1. The molecular formula is C44H58Br2N2O13. The quantitative estimate of drug-likeness (QED) is 0.0260. The number of alkyl halides is 2. The molecule has 2 aromatic rings. The van der Waals surface area contributed by atoms with Crippen LogP contribution in [0.4, 0.5) is 5.69 Å². The Kier molecular flexibility index (Phi) is 17.3. The van der Waals surface area contributed by atoms with E-state index in [4.69, 9.17) is 23.8 Å². The van der Waals surface area contributed by atoms with E-state index in [1.165, 1.54) is 53.2 Å². The Morgan fingerprint density at radius 2 is 1.69 bits per heavy atom. The Balaban J connectivity index is 1.91. The Morgan fingerprint density at radius 3 is 2.33 bits per heavy atom. The Labute approximate surface area is 373 Å². The molecule has 0 spiro atoms. The van der Waals surface area contributed by atoms with Crippen LogP contribution in [0.5, 0.6) is 23.0 Å². The van der Waals surface area contributed by atoms with Crippen LogP contribution >= 0.6 is 31.9 Å². The smallest absolute Gasteiger partial charge is 0.312 e. The van der Waals surface area contributed by atoms with Gasteiger partial charge in [-0.15, -0.1) is 0 Å². The van der Waals surface area contributed by atoms with Gasteiger partial charge in [0.1, 0.15) is 30.0 Å². The first kappa shape index (κ1) is 49.5. The second kappa shape index (κ2) is 21.3. The van der Waals surface area contributed by atoms with Crippen LogP contribution in [-0.2, 0) is 28.6 Å². The number of phenols is 3. The number of nitrogens with zero attached hydrogens (tertiary/aromatic N) is 1. The van der Waals surface area contributed by atoms with E-state index in [0.717, 1.165) is 24.4 Å². The van der Waals surface area contributed by atoms with Gasteiger partial charge in [0.15, 0.2) is 5.75 Å². The molecule has 61 heavy (non-hydrogen) atoms. The number of phenolic OH excluding ortho intramolecular Hbond substituents is 3. The molecule has 0 fully saturated rings. The summed E-state index contributed by atoms with van der Waals surface area (Å²) in [6.45, 7) is 12.7. The average Bonchev–Trinajstić information content (AvgIpc) is 3.49. The molecule has 10 unspecified atom stereocenters. The number of allylic oxidation sites excluding steroid dienone is 2. The van der Waals surface area contributed by atoms with E-state index in [2.05, 4.69) is 42.3 Å². The maximum atomic E-state index is 14.4. The molecule has 3 heterocycles. The second-order valence-corrected chi connectivity index (χ2v) is 17.9. The van der Waals surface area contributed by atoms with Crippen molar-refractivity contribution in [3.63, 3.8) is 0 Å². The number of nitrogens with one attached hydrogen (secondary N) is 1. The number of Topliss-reactive ketones (excluding diaryl/α,β-unsaturated/α-hetero) is 1. The standard InChI is InChI=1S/C44H58Br2N2O13/c1-21-13-12-14-22(2)43(56)48-34-29(20-47-59-17-11-10-15-28(46)19-45)38(53)31-32(39(34)54)37(52)26(6)41-33(31)42(55)44(8,61-41)58-18-16-30(57-9)23(3)40(60-27(7)49)25(5)36(51)24(4)35(21)50/h12-14,16,18,20-21,23-25,28,30,35-36,40,50-54H,10-11,15,17,19H2,1-9H3,(H,48,56)/b13-12+,18-16+,22-14+,47-20-. The Bertz CT molecular complexity index is 2070. The first-order chi connectivity index (χ1) is 28.7. The molecule has 10 atom stereocenters. The van der Waals surface area contributed by atoms with Crippen LogP contribution in [-0.4, -0.2) is 103 Å². The number of fused-ring (bicyclic) bond motifs is 14. The summed E-state index contributed by atoms with van der Waals surface area (Å²) in [5, 5.41) is 65.0. The normalized spacial score (nSPS) is 30.0. The molecule has 336 valence electrons. The number of ether oxygens (including phenoxy) is 4. The zero-order chi connectivity index (χ0) is 45.5. The number of benzene rings is 2. The molecule has 0 saturated heterocycles. The minimum Gasteiger partial charge on any atom is -0.507 e. The van der Waals surface area contributed by atoms with Gasteiger partial charge in [-0.2, -0.15) is 0 Å². The summed E-state index contributed by atoms with van der Waals surface area (Å²) < 4.78 is 23.5. The van der Waals surface area contributed by atoms with Gasteiger partial charge in [-0.3, -0.25) is 14.4 Å². The maximum Gasteiger partial charge on any atom is 0.312 e. The topological polar surface area (TPSA) is 223 Å². The zero-order valence-electron chi connectivity index (χ0n) is 35.9. The number of hydrogen-bond acceptors (Lipinski definition) is 14. The number of anilines is 1. The van der Waals surface area contributed by atoms with E-state index in [0.29, 0.717) is 11.2 Å². The number of unbranched alkanes of at least 4 members (excludes halogenated alkanes) is 1. The summed E-state index contributed by atoms with van der Waals surface area (Å²) >= 11 is 7.00. The van der Waals surface area contributed by atoms with Crippen LogP contribution in [0.2, 0.25) is 0 Å². The van der Waals surface area contributed by atoms with Crippen LogP contribution in [0, 0.1) is 30.6 Å².